The molecular formula is C25H21Cl2NO3. The Morgan fingerprint density at radius 1 is 1.00 bits per heavy atom. The number of fused-ring (bicyclic) bond motifs is 1. The fourth-order valence-corrected chi connectivity index (χ4v) is 5.02. The number of hydrogen-bond donors (Lipinski definition) is 1. The summed E-state index contributed by atoms with van der Waals surface area (Å²) >= 11 is 12.7. The molecule has 0 saturated carbocycles. The number of carboxylic acids is 1. The van der Waals surface area contributed by atoms with Crippen LogP contribution in [0, 0.1) is 0 Å². The molecule has 1 aliphatic rings. The van der Waals surface area contributed by atoms with Gasteiger partial charge in [-0.1, -0.05) is 84.7 Å². The molecule has 3 atom stereocenters. The molecule has 0 aliphatic carbocycles. The number of carboxylic acid groups (broad SMARTS) is 1. The van der Waals surface area contributed by atoms with Crippen molar-refractivity contribution < 1.29 is 14.7 Å². The Hall–Kier alpha value is -2.82. The second-order valence-electron chi connectivity index (χ2n) is 7.56. The standard InChI is InChI=1S/C25H21Cl2NO3/c1-2-21(15-8-4-3-5-9-15)28-23(19-13-12-16(26)14-20(19)27)22(25(30)31)17-10-6-7-11-18(17)24(28)29/h3-14,21-23H,2H2,1H3,(H,30,31). The van der Waals surface area contributed by atoms with E-state index in [1.54, 1.807) is 47.4 Å². The van der Waals surface area contributed by atoms with Crippen LogP contribution < -0.4 is 0 Å². The lowest BCUT2D eigenvalue weighted by Gasteiger charge is -2.45. The van der Waals surface area contributed by atoms with Crippen LogP contribution in [0.5, 0.6) is 0 Å². The van der Waals surface area contributed by atoms with Crippen molar-refractivity contribution in [1.29, 1.82) is 0 Å². The molecule has 4 rings (SSSR count). The molecular weight excluding hydrogens is 433 g/mol. The molecule has 1 amide bonds. The molecule has 1 aliphatic heterocycles. The predicted molar refractivity (Wildman–Crippen MR) is 122 cm³/mol. The van der Waals surface area contributed by atoms with Crippen molar-refractivity contribution in [3.63, 3.8) is 0 Å². The predicted octanol–water partition coefficient (Wildman–Crippen LogP) is 6.51. The van der Waals surface area contributed by atoms with E-state index in [0.717, 1.165) is 5.56 Å². The summed E-state index contributed by atoms with van der Waals surface area (Å²) in [6, 6.07) is 20.5. The van der Waals surface area contributed by atoms with E-state index >= 15 is 0 Å². The van der Waals surface area contributed by atoms with Crippen molar-refractivity contribution in [3.8, 4) is 0 Å². The van der Waals surface area contributed by atoms with E-state index in [9.17, 15) is 14.7 Å². The second-order valence-corrected chi connectivity index (χ2v) is 8.40. The van der Waals surface area contributed by atoms with Crippen molar-refractivity contribution in [2.24, 2.45) is 0 Å². The van der Waals surface area contributed by atoms with Crippen molar-refractivity contribution in [2.75, 3.05) is 0 Å². The van der Waals surface area contributed by atoms with E-state index in [4.69, 9.17) is 23.2 Å². The zero-order valence-corrected chi connectivity index (χ0v) is 18.3. The van der Waals surface area contributed by atoms with Gasteiger partial charge in [0, 0.05) is 15.6 Å². The molecule has 0 radical (unpaired) electrons. The summed E-state index contributed by atoms with van der Waals surface area (Å²) in [4.78, 5) is 28.0. The van der Waals surface area contributed by atoms with Crippen molar-refractivity contribution in [1.82, 2.24) is 4.90 Å². The molecule has 31 heavy (non-hydrogen) atoms. The van der Waals surface area contributed by atoms with Gasteiger partial charge < -0.3 is 10.0 Å². The number of rotatable bonds is 5. The Labute approximate surface area is 191 Å². The van der Waals surface area contributed by atoms with Crippen LogP contribution in [0.3, 0.4) is 0 Å². The first-order valence-electron chi connectivity index (χ1n) is 10.1. The van der Waals surface area contributed by atoms with E-state index in [0.29, 0.717) is 33.2 Å². The van der Waals surface area contributed by atoms with Crippen LogP contribution in [0.2, 0.25) is 10.0 Å². The van der Waals surface area contributed by atoms with Gasteiger partial charge in [-0.3, -0.25) is 9.59 Å². The molecule has 3 unspecified atom stereocenters. The molecule has 3 aromatic carbocycles. The highest BCUT2D eigenvalue weighted by molar-refractivity contribution is 6.35. The van der Waals surface area contributed by atoms with Gasteiger partial charge >= 0.3 is 5.97 Å². The summed E-state index contributed by atoms with van der Waals surface area (Å²) in [5.41, 5.74) is 2.41. The lowest BCUT2D eigenvalue weighted by molar-refractivity contribution is -0.141. The third-order valence-electron chi connectivity index (χ3n) is 5.83. The van der Waals surface area contributed by atoms with Gasteiger partial charge in [-0.2, -0.15) is 0 Å². The second kappa shape index (κ2) is 8.74. The van der Waals surface area contributed by atoms with Gasteiger partial charge in [0.05, 0.1) is 12.1 Å². The molecule has 6 heteroatoms. The highest BCUT2D eigenvalue weighted by Gasteiger charge is 2.47. The quantitative estimate of drug-likeness (QED) is 0.478. The summed E-state index contributed by atoms with van der Waals surface area (Å²) in [5, 5.41) is 11.1. The summed E-state index contributed by atoms with van der Waals surface area (Å²) in [7, 11) is 0. The molecule has 1 heterocycles. The van der Waals surface area contributed by atoms with Gasteiger partial charge in [0.1, 0.15) is 5.92 Å². The van der Waals surface area contributed by atoms with Gasteiger partial charge in [-0.15, -0.1) is 0 Å². The number of amides is 1. The number of hydrogen-bond acceptors (Lipinski definition) is 2. The van der Waals surface area contributed by atoms with E-state index in [2.05, 4.69) is 0 Å². The Morgan fingerprint density at radius 2 is 1.68 bits per heavy atom. The van der Waals surface area contributed by atoms with Crippen LogP contribution in [-0.2, 0) is 4.79 Å². The number of benzene rings is 3. The molecule has 0 bridgehead atoms. The Bertz CT molecular complexity index is 1130. The van der Waals surface area contributed by atoms with Crippen LogP contribution in [0.4, 0.5) is 0 Å². The Morgan fingerprint density at radius 3 is 2.32 bits per heavy atom. The van der Waals surface area contributed by atoms with Crippen LogP contribution >= 0.6 is 23.2 Å². The average Bonchev–Trinajstić information content (AvgIpc) is 2.76. The van der Waals surface area contributed by atoms with E-state index in [1.807, 2.05) is 37.3 Å². The third kappa shape index (κ3) is 3.82. The lowest BCUT2D eigenvalue weighted by atomic mass is 9.78. The molecule has 0 saturated heterocycles. The SMILES string of the molecule is CCC(c1ccccc1)N1C(=O)c2ccccc2C(C(=O)O)C1c1ccc(Cl)cc1Cl. The number of carbonyl (C=O) groups excluding carboxylic acids is 1. The topological polar surface area (TPSA) is 57.6 Å². The Balaban J connectivity index is 1.99. The van der Waals surface area contributed by atoms with Gasteiger partial charge in [0.15, 0.2) is 0 Å². The minimum Gasteiger partial charge on any atom is -0.481 e. The maximum absolute atomic E-state index is 13.8. The average molecular weight is 454 g/mol. The van der Waals surface area contributed by atoms with Crippen molar-refractivity contribution >= 4 is 35.1 Å². The fraction of sp³-hybridized carbons (Fsp3) is 0.200. The van der Waals surface area contributed by atoms with E-state index < -0.39 is 17.9 Å². The zero-order valence-electron chi connectivity index (χ0n) is 16.8. The molecule has 0 fully saturated rings. The number of aliphatic carboxylic acids is 1. The Kier molecular flexibility index (Phi) is 6.03. The van der Waals surface area contributed by atoms with Gasteiger partial charge in [-0.25, -0.2) is 0 Å². The molecule has 0 spiro atoms. The first kappa shape index (κ1) is 21.4. The highest BCUT2D eigenvalue weighted by Crippen LogP contribution is 2.49. The third-order valence-corrected chi connectivity index (χ3v) is 6.39. The molecule has 158 valence electrons. The summed E-state index contributed by atoms with van der Waals surface area (Å²) < 4.78 is 0. The minimum absolute atomic E-state index is 0.209. The van der Waals surface area contributed by atoms with E-state index in [-0.39, 0.29) is 11.9 Å². The largest absolute Gasteiger partial charge is 0.481 e. The first-order valence-corrected chi connectivity index (χ1v) is 10.8. The zero-order chi connectivity index (χ0) is 22.1. The van der Waals surface area contributed by atoms with Crippen molar-refractivity contribution in [2.45, 2.75) is 31.3 Å². The molecule has 3 aromatic rings. The minimum atomic E-state index is -1.01. The maximum atomic E-state index is 13.8. The first-order chi connectivity index (χ1) is 14.9. The van der Waals surface area contributed by atoms with Crippen LogP contribution in [-0.4, -0.2) is 21.9 Å². The van der Waals surface area contributed by atoms with Crippen LogP contribution in [0.25, 0.3) is 0 Å². The summed E-state index contributed by atoms with van der Waals surface area (Å²) in [6.45, 7) is 1.99. The fourth-order valence-electron chi connectivity index (χ4n) is 4.50. The number of carbonyl (C=O) groups is 2. The van der Waals surface area contributed by atoms with Gasteiger partial charge in [-0.05, 0) is 41.3 Å². The number of halogens is 2. The number of nitrogens with zero attached hydrogens (tertiary/aromatic N) is 1. The van der Waals surface area contributed by atoms with E-state index in [1.165, 1.54) is 0 Å². The smallest absolute Gasteiger partial charge is 0.313 e. The van der Waals surface area contributed by atoms with Crippen molar-refractivity contribution in [3.05, 3.63) is 105 Å². The monoisotopic (exact) mass is 453 g/mol. The summed E-state index contributed by atoms with van der Waals surface area (Å²) in [6.07, 6.45) is 0.617. The maximum Gasteiger partial charge on any atom is 0.313 e. The normalized spacial score (nSPS) is 19.1. The highest BCUT2D eigenvalue weighted by atomic mass is 35.5. The lowest BCUT2D eigenvalue weighted by Crippen LogP contribution is -2.46. The van der Waals surface area contributed by atoms with Crippen LogP contribution in [0.15, 0.2) is 72.8 Å². The molecule has 4 nitrogen and oxygen atoms in total. The van der Waals surface area contributed by atoms with Gasteiger partial charge in [0.2, 0.25) is 0 Å². The molecule has 1 N–H and O–H groups in total. The summed E-state index contributed by atoms with van der Waals surface area (Å²) in [5.74, 6) is -2.19. The molecule has 0 aromatic heterocycles. The van der Waals surface area contributed by atoms with Crippen LogP contribution in [0.1, 0.15) is 58.4 Å². The van der Waals surface area contributed by atoms with Gasteiger partial charge in [0.25, 0.3) is 5.91 Å².